The highest BCUT2D eigenvalue weighted by atomic mass is 35.5. The lowest BCUT2D eigenvalue weighted by Gasteiger charge is -2.22. The highest BCUT2D eigenvalue weighted by Gasteiger charge is 2.18. The van der Waals surface area contributed by atoms with E-state index in [2.05, 4.69) is 10.0 Å². The summed E-state index contributed by atoms with van der Waals surface area (Å²) in [6.07, 6.45) is 1.41. The summed E-state index contributed by atoms with van der Waals surface area (Å²) < 4.78 is 53.2. The number of anilines is 3. The van der Waals surface area contributed by atoms with Crippen molar-refractivity contribution in [2.24, 2.45) is 0 Å². The van der Waals surface area contributed by atoms with E-state index in [1.807, 2.05) is 0 Å². The smallest absolute Gasteiger partial charge is 0.261 e. The summed E-state index contributed by atoms with van der Waals surface area (Å²) in [4.78, 5) is 12.3. The first-order valence-corrected chi connectivity index (χ1v) is 14.9. The van der Waals surface area contributed by atoms with Gasteiger partial charge in [0.05, 0.1) is 27.5 Å². The molecule has 0 unspecified atom stereocenters. The topological polar surface area (TPSA) is 113 Å². The van der Waals surface area contributed by atoms with Crippen molar-refractivity contribution in [3.8, 4) is 0 Å². The quantitative estimate of drug-likeness (QED) is 0.318. The second-order valence-electron chi connectivity index (χ2n) is 7.72. The molecule has 0 saturated heterocycles. The average Bonchev–Trinajstić information content (AvgIpc) is 2.79. The molecule has 1 amide bonds. The molecule has 3 rings (SSSR count). The van der Waals surface area contributed by atoms with Crippen LogP contribution in [0.5, 0.6) is 0 Å². The minimum atomic E-state index is -3.92. The molecule has 0 bridgehead atoms. The normalized spacial score (nSPS) is 11.7. The van der Waals surface area contributed by atoms with Gasteiger partial charge in [-0.1, -0.05) is 34.8 Å². The fourth-order valence-corrected chi connectivity index (χ4v) is 5.88. The summed E-state index contributed by atoms with van der Waals surface area (Å²) in [6.45, 7) is 0.101. The predicted octanol–water partition coefficient (Wildman–Crippen LogP) is 5.63. The van der Waals surface area contributed by atoms with Gasteiger partial charge < -0.3 is 5.32 Å². The average molecular weight is 591 g/mol. The maximum absolute atomic E-state index is 12.6. The molecular formula is C23H22Cl3N3O5S2. The maximum atomic E-state index is 12.6. The van der Waals surface area contributed by atoms with Crippen LogP contribution >= 0.6 is 34.8 Å². The van der Waals surface area contributed by atoms with E-state index in [1.54, 1.807) is 24.3 Å². The molecule has 3 aromatic rings. The number of hydrogen-bond acceptors (Lipinski definition) is 5. The lowest BCUT2D eigenvalue weighted by atomic mass is 10.2. The van der Waals surface area contributed by atoms with Gasteiger partial charge >= 0.3 is 0 Å². The molecule has 0 saturated carbocycles. The molecular weight excluding hydrogens is 569 g/mol. The first-order valence-electron chi connectivity index (χ1n) is 10.5. The predicted molar refractivity (Wildman–Crippen MR) is 145 cm³/mol. The minimum Gasteiger partial charge on any atom is -0.326 e. The third kappa shape index (κ3) is 7.75. The summed E-state index contributed by atoms with van der Waals surface area (Å²) in [5.41, 5.74) is 1.02. The Hall–Kier alpha value is -2.50. The number of benzene rings is 3. The van der Waals surface area contributed by atoms with Gasteiger partial charge in [-0.3, -0.25) is 13.8 Å². The monoisotopic (exact) mass is 589 g/mol. The Balaban J connectivity index is 1.58. The van der Waals surface area contributed by atoms with Crippen LogP contribution in [-0.4, -0.2) is 35.5 Å². The number of nitrogens with zero attached hydrogens (tertiary/aromatic N) is 1. The van der Waals surface area contributed by atoms with Gasteiger partial charge in [-0.05, 0) is 73.2 Å². The molecule has 3 aromatic carbocycles. The third-order valence-electron chi connectivity index (χ3n) is 4.90. The van der Waals surface area contributed by atoms with Crippen LogP contribution in [0.2, 0.25) is 15.1 Å². The number of carbonyl (C=O) groups excluding carboxylic acids is 1. The number of rotatable bonds is 10. The molecule has 8 nitrogen and oxygen atoms in total. The number of sulfonamides is 2. The Kier molecular flexibility index (Phi) is 9.13. The van der Waals surface area contributed by atoms with E-state index in [9.17, 15) is 21.6 Å². The number of amides is 1. The van der Waals surface area contributed by atoms with Gasteiger partial charge in [0.25, 0.3) is 10.0 Å². The molecule has 36 heavy (non-hydrogen) atoms. The van der Waals surface area contributed by atoms with E-state index >= 15 is 0 Å². The van der Waals surface area contributed by atoms with Crippen molar-refractivity contribution in [3.63, 3.8) is 0 Å². The van der Waals surface area contributed by atoms with Crippen LogP contribution in [-0.2, 0) is 24.8 Å². The van der Waals surface area contributed by atoms with E-state index < -0.39 is 20.0 Å². The summed E-state index contributed by atoms with van der Waals surface area (Å²) in [5.74, 6) is -0.346. The number of halogens is 3. The fraction of sp³-hybridized carbons (Fsp3) is 0.174. The molecule has 0 aliphatic carbocycles. The highest BCUT2D eigenvalue weighted by molar-refractivity contribution is 7.92. The van der Waals surface area contributed by atoms with E-state index in [4.69, 9.17) is 34.8 Å². The SMILES string of the molecule is CS(=O)(=O)N(CCCC(=O)Nc1ccc(S(=O)(=O)Nc2ccc(Cl)cc2Cl)cc1)c1ccc(Cl)cc1. The second kappa shape index (κ2) is 11.7. The lowest BCUT2D eigenvalue weighted by molar-refractivity contribution is -0.116. The molecule has 0 heterocycles. The number of hydrogen-bond donors (Lipinski definition) is 2. The molecule has 13 heteroatoms. The van der Waals surface area contributed by atoms with Gasteiger partial charge in [-0.25, -0.2) is 16.8 Å². The van der Waals surface area contributed by atoms with Crippen molar-refractivity contribution in [2.75, 3.05) is 27.1 Å². The van der Waals surface area contributed by atoms with E-state index in [-0.39, 0.29) is 40.9 Å². The van der Waals surface area contributed by atoms with Crippen LogP contribution in [0.15, 0.2) is 71.6 Å². The summed E-state index contributed by atoms with van der Waals surface area (Å²) in [5, 5.41) is 3.68. The molecule has 192 valence electrons. The second-order valence-corrected chi connectivity index (χ2v) is 12.6. The molecule has 0 aliphatic heterocycles. The van der Waals surface area contributed by atoms with Crippen LogP contribution in [0, 0.1) is 0 Å². The summed E-state index contributed by atoms with van der Waals surface area (Å²) in [6, 6.07) is 16.3. The highest BCUT2D eigenvalue weighted by Crippen LogP contribution is 2.28. The molecule has 2 N–H and O–H groups in total. The first kappa shape index (κ1) is 28.1. The number of carbonyl (C=O) groups is 1. The third-order valence-corrected chi connectivity index (χ3v) is 8.28. The zero-order chi connectivity index (χ0) is 26.5. The Labute approximate surface area is 225 Å². The van der Waals surface area contributed by atoms with Gasteiger partial charge in [0.2, 0.25) is 15.9 Å². The van der Waals surface area contributed by atoms with Crippen molar-refractivity contribution in [2.45, 2.75) is 17.7 Å². The summed E-state index contributed by atoms with van der Waals surface area (Å²) in [7, 11) is -7.47. The van der Waals surface area contributed by atoms with Gasteiger partial charge in [0.15, 0.2) is 0 Å². The Bertz CT molecular complexity index is 1450. The Morgan fingerprint density at radius 3 is 2.06 bits per heavy atom. The van der Waals surface area contributed by atoms with Crippen molar-refractivity contribution in [3.05, 3.63) is 81.8 Å². The van der Waals surface area contributed by atoms with Gasteiger partial charge in [0, 0.05) is 28.7 Å². The van der Waals surface area contributed by atoms with Gasteiger partial charge in [-0.15, -0.1) is 0 Å². The molecule has 0 aliphatic rings. The van der Waals surface area contributed by atoms with Crippen molar-refractivity contribution >= 4 is 77.8 Å². The van der Waals surface area contributed by atoms with E-state index in [1.165, 1.54) is 46.8 Å². The standard InChI is InChI=1S/C23H22Cl3N3O5S2/c1-35(31,32)29(19-9-4-16(24)5-10-19)14-2-3-23(30)27-18-7-11-20(12-8-18)36(33,34)28-22-13-6-17(25)15-21(22)26/h4-13,15,28H,2-3,14H2,1H3,(H,27,30). The van der Waals surface area contributed by atoms with Crippen LogP contribution in [0.25, 0.3) is 0 Å². The Morgan fingerprint density at radius 2 is 1.47 bits per heavy atom. The lowest BCUT2D eigenvalue weighted by Crippen LogP contribution is -2.31. The van der Waals surface area contributed by atoms with Crippen LogP contribution in [0.3, 0.4) is 0 Å². The Morgan fingerprint density at radius 1 is 0.861 bits per heavy atom. The van der Waals surface area contributed by atoms with Crippen LogP contribution in [0.4, 0.5) is 17.1 Å². The van der Waals surface area contributed by atoms with Gasteiger partial charge in [0.1, 0.15) is 0 Å². The fourth-order valence-electron chi connectivity index (χ4n) is 3.19. The van der Waals surface area contributed by atoms with Crippen molar-refractivity contribution in [1.82, 2.24) is 0 Å². The van der Waals surface area contributed by atoms with Crippen molar-refractivity contribution < 1.29 is 21.6 Å². The minimum absolute atomic E-state index is 0.0294. The molecule has 0 fully saturated rings. The zero-order valence-electron chi connectivity index (χ0n) is 18.9. The molecule has 0 atom stereocenters. The van der Waals surface area contributed by atoms with Crippen molar-refractivity contribution in [1.29, 1.82) is 0 Å². The van der Waals surface area contributed by atoms with E-state index in [0.29, 0.717) is 21.4 Å². The van der Waals surface area contributed by atoms with Gasteiger partial charge in [-0.2, -0.15) is 0 Å². The number of nitrogens with one attached hydrogen (secondary N) is 2. The van der Waals surface area contributed by atoms with Crippen LogP contribution < -0.4 is 14.3 Å². The molecule has 0 aromatic heterocycles. The largest absolute Gasteiger partial charge is 0.326 e. The molecule has 0 spiro atoms. The maximum Gasteiger partial charge on any atom is 0.261 e. The first-order chi connectivity index (χ1) is 16.8. The molecule has 0 radical (unpaired) electrons. The summed E-state index contributed by atoms with van der Waals surface area (Å²) >= 11 is 17.7. The zero-order valence-corrected chi connectivity index (χ0v) is 22.8. The van der Waals surface area contributed by atoms with E-state index in [0.717, 1.165) is 6.26 Å². The van der Waals surface area contributed by atoms with Crippen LogP contribution in [0.1, 0.15) is 12.8 Å².